The molecule has 4 heterocycles. The average molecular weight is 407 g/mol. The van der Waals surface area contributed by atoms with Crippen molar-refractivity contribution in [2.24, 2.45) is 0 Å². The first-order valence-corrected chi connectivity index (χ1v) is 9.90. The highest BCUT2D eigenvalue weighted by molar-refractivity contribution is 5.95. The number of fused-ring (bicyclic) bond motifs is 1. The third-order valence-corrected chi connectivity index (χ3v) is 5.31. The summed E-state index contributed by atoms with van der Waals surface area (Å²) in [6, 6.07) is 10.2. The first kappa shape index (κ1) is 18.7. The van der Waals surface area contributed by atoms with Gasteiger partial charge in [-0.1, -0.05) is 18.7 Å². The third-order valence-electron chi connectivity index (χ3n) is 5.31. The molecule has 0 radical (unpaired) electrons. The maximum absolute atomic E-state index is 4.50. The van der Waals surface area contributed by atoms with Gasteiger partial charge < -0.3 is 9.88 Å². The highest BCUT2D eigenvalue weighted by Crippen LogP contribution is 2.29. The van der Waals surface area contributed by atoms with Gasteiger partial charge in [0.2, 0.25) is 0 Å². The van der Waals surface area contributed by atoms with Crippen molar-refractivity contribution in [2.45, 2.75) is 13.8 Å². The van der Waals surface area contributed by atoms with E-state index in [0.29, 0.717) is 5.70 Å². The number of aromatic amines is 1. The summed E-state index contributed by atoms with van der Waals surface area (Å²) in [5.41, 5.74) is 8.37. The van der Waals surface area contributed by atoms with Crippen LogP contribution in [-0.2, 0) is 0 Å². The van der Waals surface area contributed by atoms with E-state index in [2.05, 4.69) is 49.2 Å². The Morgan fingerprint density at radius 3 is 2.74 bits per heavy atom. The molecule has 5 aromatic rings. The molecule has 0 spiro atoms. The molecule has 5 rings (SSSR count). The Bertz CT molecular complexity index is 1400. The number of aryl methyl sites for hydroxylation is 1. The number of aromatic nitrogens is 6. The summed E-state index contributed by atoms with van der Waals surface area (Å²) >= 11 is 0. The summed E-state index contributed by atoms with van der Waals surface area (Å²) in [4.78, 5) is 12.9. The first-order chi connectivity index (χ1) is 15.1. The molecule has 0 saturated carbocycles. The average Bonchev–Trinajstić information content (AvgIpc) is 3.41. The van der Waals surface area contributed by atoms with Crippen LogP contribution in [0, 0.1) is 13.8 Å². The van der Waals surface area contributed by atoms with Crippen LogP contribution >= 0.6 is 0 Å². The predicted molar refractivity (Wildman–Crippen MR) is 123 cm³/mol. The van der Waals surface area contributed by atoms with Crippen LogP contribution in [0.1, 0.15) is 17.0 Å². The fourth-order valence-corrected chi connectivity index (χ4v) is 3.63. The predicted octanol–water partition coefficient (Wildman–Crippen LogP) is 4.91. The standard InChI is InChI=1S/C24H21N7/c1-15-13-31(14-27-15)23-12-26-11-22(16(23)2)28-17(3)24-20-9-18(6-7-21(20)29-30-24)19-5-4-8-25-10-19/h4-14,28H,3H2,1-2H3,(H,29,30). The van der Waals surface area contributed by atoms with E-state index in [9.17, 15) is 0 Å². The Morgan fingerprint density at radius 1 is 1.06 bits per heavy atom. The summed E-state index contributed by atoms with van der Waals surface area (Å²) in [5, 5.41) is 12.0. The second-order valence-corrected chi connectivity index (χ2v) is 7.43. The molecule has 0 aliphatic rings. The largest absolute Gasteiger partial charge is 0.353 e. The van der Waals surface area contributed by atoms with Gasteiger partial charge in [0.15, 0.2) is 0 Å². The van der Waals surface area contributed by atoms with Gasteiger partial charge in [-0.05, 0) is 43.2 Å². The van der Waals surface area contributed by atoms with Crippen LogP contribution in [0.4, 0.5) is 5.69 Å². The molecule has 4 aromatic heterocycles. The summed E-state index contributed by atoms with van der Waals surface area (Å²) in [5.74, 6) is 0. The Kier molecular flexibility index (Phi) is 4.55. The molecule has 0 saturated heterocycles. The molecular formula is C24H21N7. The quantitative estimate of drug-likeness (QED) is 0.433. The number of rotatable bonds is 5. The molecule has 0 aliphatic carbocycles. The minimum Gasteiger partial charge on any atom is -0.353 e. The Labute approximate surface area is 179 Å². The van der Waals surface area contributed by atoms with Gasteiger partial charge in [0, 0.05) is 29.5 Å². The van der Waals surface area contributed by atoms with Gasteiger partial charge in [-0.15, -0.1) is 0 Å². The van der Waals surface area contributed by atoms with Gasteiger partial charge in [0.1, 0.15) is 5.69 Å². The van der Waals surface area contributed by atoms with E-state index in [-0.39, 0.29) is 0 Å². The number of hydrogen-bond acceptors (Lipinski definition) is 5. The van der Waals surface area contributed by atoms with Crippen LogP contribution in [0.15, 0.2) is 74.2 Å². The number of nitrogens with zero attached hydrogens (tertiary/aromatic N) is 5. The van der Waals surface area contributed by atoms with E-state index in [1.165, 1.54) is 0 Å². The van der Waals surface area contributed by atoms with Crippen molar-refractivity contribution in [3.63, 3.8) is 0 Å². The number of pyridine rings is 2. The summed E-state index contributed by atoms with van der Waals surface area (Å²) < 4.78 is 1.97. The van der Waals surface area contributed by atoms with Crippen LogP contribution in [0.5, 0.6) is 0 Å². The van der Waals surface area contributed by atoms with E-state index in [4.69, 9.17) is 0 Å². The summed E-state index contributed by atoms with van der Waals surface area (Å²) in [6.07, 6.45) is 11.0. The van der Waals surface area contributed by atoms with Gasteiger partial charge >= 0.3 is 0 Å². The van der Waals surface area contributed by atoms with Crippen molar-refractivity contribution < 1.29 is 0 Å². The molecule has 152 valence electrons. The molecule has 0 fully saturated rings. The molecule has 7 nitrogen and oxygen atoms in total. The van der Waals surface area contributed by atoms with Crippen molar-refractivity contribution >= 4 is 22.3 Å². The van der Waals surface area contributed by atoms with Crippen LogP contribution in [0.25, 0.3) is 33.4 Å². The van der Waals surface area contributed by atoms with Crippen LogP contribution in [-0.4, -0.2) is 29.7 Å². The zero-order valence-corrected chi connectivity index (χ0v) is 17.3. The van der Waals surface area contributed by atoms with Crippen LogP contribution < -0.4 is 5.32 Å². The minimum absolute atomic E-state index is 0.693. The molecule has 7 heteroatoms. The molecule has 0 bridgehead atoms. The van der Waals surface area contributed by atoms with Gasteiger partial charge in [-0.3, -0.25) is 15.1 Å². The molecule has 2 N–H and O–H groups in total. The molecule has 0 atom stereocenters. The Hall–Kier alpha value is -4.26. The van der Waals surface area contributed by atoms with Crippen molar-refractivity contribution in [1.82, 2.24) is 29.7 Å². The lowest BCUT2D eigenvalue weighted by molar-refractivity contribution is 1.02. The molecule has 0 unspecified atom stereocenters. The number of nitrogens with one attached hydrogen (secondary N) is 2. The molecule has 31 heavy (non-hydrogen) atoms. The van der Waals surface area contributed by atoms with E-state index in [1.807, 2.05) is 55.2 Å². The summed E-state index contributed by atoms with van der Waals surface area (Å²) in [7, 11) is 0. The number of benzene rings is 1. The van der Waals surface area contributed by atoms with Gasteiger partial charge in [-0.25, -0.2) is 4.98 Å². The van der Waals surface area contributed by atoms with Crippen molar-refractivity contribution in [3.8, 4) is 16.8 Å². The SMILES string of the molecule is C=C(Nc1cncc(-n2cnc(C)c2)c1C)c1n[nH]c2ccc(-c3cccnc3)cc12. The zero-order chi connectivity index (χ0) is 21.4. The summed E-state index contributed by atoms with van der Waals surface area (Å²) in [6.45, 7) is 8.25. The molecule has 0 aliphatic heterocycles. The number of anilines is 1. The second kappa shape index (κ2) is 7.53. The van der Waals surface area contributed by atoms with Gasteiger partial charge in [-0.2, -0.15) is 5.10 Å². The Morgan fingerprint density at radius 2 is 1.97 bits per heavy atom. The zero-order valence-electron chi connectivity index (χ0n) is 17.3. The van der Waals surface area contributed by atoms with Gasteiger partial charge in [0.05, 0.1) is 47.0 Å². The third kappa shape index (κ3) is 3.46. The smallest absolute Gasteiger partial charge is 0.116 e. The Balaban J connectivity index is 1.49. The highest BCUT2D eigenvalue weighted by atomic mass is 15.1. The number of H-pyrrole nitrogens is 1. The normalized spacial score (nSPS) is 11.0. The molecule has 0 amide bonds. The molecular weight excluding hydrogens is 386 g/mol. The highest BCUT2D eigenvalue weighted by Gasteiger charge is 2.13. The molecule has 1 aromatic carbocycles. The first-order valence-electron chi connectivity index (χ1n) is 9.90. The van der Waals surface area contributed by atoms with E-state index >= 15 is 0 Å². The van der Waals surface area contributed by atoms with Gasteiger partial charge in [0.25, 0.3) is 0 Å². The van der Waals surface area contributed by atoms with Crippen molar-refractivity contribution in [2.75, 3.05) is 5.32 Å². The lowest BCUT2D eigenvalue weighted by atomic mass is 10.0. The maximum Gasteiger partial charge on any atom is 0.116 e. The lowest BCUT2D eigenvalue weighted by Crippen LogP contribution is -2.04. The monoisotopic (exact) mass is 407 g/mol. The topological polar surface area (TPSA) is 84.3 Å². The van der Waals surface area contributed by atoms with Crippen molar-refractivity contribution in [1.29, 1.82) is 0 Å². The van der Waals surface area contributed by atoms with E-state index in [1.54, 1.807) is 18.7 Å². The fraction of sp³-hybridized carbons (Fsp3) is 0.0833. The van der Waals surface area contributed by atoms with E-state index < -0.39 is 0 Å². The number of imidazole rings is 1. The second-order valence-electron chi connectivity index (χ2n) is 7.43. The maximum atomic E-state index is 4.50. The van der Waals surface area contributed by atoms with Crippen LogP contribution in [0.2, 0.25) is 0 Å². The van der Waals surface area contributed by atoms with Crippen LogP contribution in [0.3, 0.4) is 0 Å². The lowest BCUT2D eigenvalue weighted by Gasteiger charge is -2.14. The van der Waals surface area contributed by atoms with E-state index in [0.717, 1.165) is 50.4 Å². The fourth-order valence-electron chi connectivity index (χ4n) is 3.63. The number of hydrogen-bond donors (Lipinski definition) is 2. The van der Waals surface area contributed by atoms with Crippen molar-refractivity contribution in [3.05, 3.63) is 91.2 Å². The minimum atomic E-state index is 0.693.